The molecule has 0 amide bonds. The molecule has 5 nitrogen and oxygen atoms in total. The Hall–Kier alpha value is -2.01. The number of hydrogen-bond acceptors (Lipinski definition) is 4. The molecule has 130 valence electrons. The summed E-state index contributed by atoms with van der Waals surface area (Å²) < 4.78 is 13.1. The molecule has 0 spiro atoms. The van der Waals surface area contributed by atoms with Gasteiger partial charge in [0.15, 0.2) is 11.5 Å². The van der Waals surface area contributed by atoms with Crippen molar-refractivity contribution in [3.63, 3.8) is 0 Å². The first kappa shape index (κ1) is 16.8. The summed E-state index contributed by atoms with van der Waals surface area (Å²) >= 11 is 0. The first-order valence-corrected chi connectivity index (χ1v) is 8.59. The van der Waals surface area contributed by atoms with Crippen LogP contribution >= 0.6 is 0 Å². The monoisotopic (exact) mass is 329 g/mol. The molecule has 1 aromatic heterocycles. The zero-order chi connectivity index (χ0) is 16.9. The summed E-state index contributed by atoms with van der Waals surface area (Å²) in [6.45, 7) is 3.14. The van der Waals surface area contributed by atoms with Crippen LogP contribution in [-0.2, 0) is 20.0 Å². The summed E-state index contributed by atoms with van der Waals surface area (Å²) in [6, 6.07) is 6.11. The Bertz CT molecular complexity index is 668. The Morgan fingerprint density at radius 2 is 2.12 bits per heavy atom. The predicted molar refractivity (Wildman–Crippen MR) is 94.5 cm³/mol. The molecular weight excluding hydrogens is 302 g/mol. The van der Waals surface area contributed by atoms with Crippen molar-refractivity contribution >= 4 is 0 Å². The molecule has 1 aliphatic rings. The van der Waals surface area contributed by atoms with Gasteiger partial charge in [-0.1, -0.05) is 12.1 Å². The fourth-order valence-corrected chi connectivity index (χ4v) is 3.63. The molecule has 0 saturated carbocycles. The van der Waals surface area contributed by atoms with Crippen LogP contribution in [0.4, 0.5) is 0 Å². The van der Waals surface area contributed by atoms with E-state index in [2.05, 4.69) is 27.6 Å². The van der Waals surface area contributed by atoms with E-state index in [9.17, 15) is 0 Å². The molecule has 0 bridgehead atoms. The summed E-state index contributed by atoms with van der Waals surface area (Å²) in [5.41, 5.74) is 1.19. The lowest BCUT2D eigenvalue weighted by Crippen LogP contribution is -2.36. The number of ether oxygens (including phenoxy) is 2. The molecule has 2 aromatic rings. The molecule has 5 heteroatoms. The van der Waals surface area contributed by atoms with Crippen LogP contribution in [0.2, 0.25) is 0 Å². The van der Waals surface area contributed by atoms with Crippen LogP contribution in [0.3, 0.4) is 0 Å². The van der Waals surface area contributed by atoms with E-state index in [1.807, 2.05) is 24.5 Å². The van der Waals surface area contributed by atoms with E-state index in [1.54, 1.807) is 14.2 Å². The molecule has 0 aliphatic carbocycles. The minimum Gasteiger partial charge on any atom is -0.493 e. The van der Waals surface area contributed by atoms with Crippen LogP contribution in [0.25, 0.3) is 0 Å². The van der Waals surface area contributed by atoms with Gasteiger partial charge in [-0.3, -0.25) is 4.90 Å². The van der Waals surface area contributed by atoms with Crippen molar-refractivity contribution in [3.8, 4) is 11.5 Å². The van der Waals surface area contributed by atoms with Gasteiger partial charge in [0.1, 0.15) is 5.82 Å². The Morgan fingerprint density at radius 3 is 2.83 bits per heavy atom. The number of hydrogen-bond donors (Lipinski definition) is 0. The standard InChI is InChI=1S/C19H27N3O2/c1-21-11-9-20-18(21)12-15-6-5-10-22(13-15)14-16-7-4-8-17(23-2)19(16)24-3/h4,7-9,11,15H,5-6,10,12-14H2,1-3H3. The van der Waals surface area contributed by atoms with Gasteiger partial charge >= 0.3 is 0 Å². The number of aryl methyl sites for hydroxylation is 1. The molecule has 1 atom stereocenters. The molecule has 1 saturated heterocycles. The summed E-state index contributed by atoms with van der Waals surface area (Å²) in [6.07, 6.45) is 7.48. The van der Waals surface area contributed by atoms with Gasteiger partial charge in [0.2, 0.25) is 0 Å². The summed E-state index contributed by atoms with van der Waals surface area (Å²) in [5.74, 6) is 3.50. The molecule has 1 unspecified atom stereocenters. The maximum Gasteiger partial charge on any atom is 0.165 e. The highest BCUT2D eigenvalue weighted by Gasteiger charge is 2.23. The second-order valence-electron chi connectivity index (χ2n) is 6.55. The third-order valence-electron chi connectivity index (χ3n) is 4.87. The number of nitrogens with zero attached hydrogens (tertiary/aromatic N) is 3. The van der Waals surface area contributed by atoms with E-state index in [0.717, 1.165) is 37.6 Å². The smallest absolute Gasteiger partial charge is 0.165 e. The van der Waals surface area contributed by atoms with Gasteiger partial charge in [-0.15, -0.1) is 0 Å². The number of piperidine rings is 1. The van der Waals surface area contributed by atoms with Gasteiger partial charge in [0.05, 0.1) is 14.2 Å². The molecule has 0 N–H and O–H groups in total. The van der Waals surface area contributed by atoms with Crippen molar-refractivity contribution in [2.45, 2.75) is 25.8 Å². The van der Waals surface area contributed by atoms with Crippen LogP contribution in [0, 0.1) is 5.92 Å². The lowest BCUT2D eigenvalue weighted by atomic mass is 9.94. The van der Waals surface area contributed by atoms with Gasteiger partial charge in [0.25, 0.3) is 0 Å². The molecular formula is C19H27N3O2. The van der Waals surface area contributed by atoms with Crippen LogP contribution in [-0.4, -0.2) is 41.8 Å². The lowest BCUT2D eigenvalue weighted by molar-refractivity contribution is 0.163. The van der Waals surface area contributed by atoms with Crippen molar-refractivity contribution < 1.29 is 9.47 Å². The van der Waals surface area contributed by atoms with Crippen molar-refractivity contribution in [2.24, 2.45) is 13.0 Å². The average molecular weight is 329 g/mol. The Balaban J connectivity index is 1.66. The average Bonchev–Trinajstić information content (AvgIpc) is 3.00. The molecule has 1 aliphatic heterocycles. The fraction of sp³-hybridized carbons (Fsp3) is 0.526. The van der Waals surface area contributed by atoms with Gasteiger partial charge < -0.3 is 14.0 Å². The molecule has 0 radical (unpaired) electrons. The molecule has 1 aromatic carbocycles. The number of benzene rings is 1. The zero-order valence-corrected chi connectivity index (χ0v) is 14.9. The van der Waals surface area contributed by atoms with E-state index in [-0.39, 0.29) is 0 Å². The van der Waals surface area contributed by atoms with Crippen LogP contribution in [0.15, 0.2) is 30.6 Å². The second-order valence-corrected chi connectivity index (χ2v) is 6.55. The van der Waals surface area contributed by atoms with Gasteiger partial charge in [-0.05, 0) is 31.4 Å². The normalized spacial score (nSPS) is 18.5. The lowest BCUT2D eigenvalue weighted by Gasteiger charge is -2.33. The first-order chi connectivity index (χ1) is 11.7. The Kier molecular flexibility index (Phi) is 5.41. The maximum absolute atomic E-state index is 5.57. The SMILES string of the molecule is COc1cccc(CN2CCCC(Cc3nccn3C)C2)c1OC. The van der Waals surface area contributed by atoms with Gasteiger partial charge in [-0.2, -0.15) is 0 Å². The minimum absolute atomic E-state index is 0.663. The number of aromatic nitrogens is 2. The highest BCUT2D eigenvalue weighted by molar-refractivity contribution is 5.46. The van der Waals surface area contributed by atoms with E-state index < -0.39 is 0 Å². The highest BCUT2D eigenvalue weighted by Crippen LogP contribution is 2.32. The quantitative estimate of drug-likeness (QED) is 0.817. The Labute approximate surface area is 144 Å². The van der Waals surface area contributed by atoms with E-state index >= 15 is 0 Å². The maximum atomic E-state index is 5.57. The summed E-state index contributed by atoms with van der Waals surface area (Å²) in [5, 5.41) is 0. The summed E-state index contributed by atoms with van der Waals surface area (Å²) in [4.78, 5) is 7.00. The van der Waals surface area contributed by atoms with Crippen molar-refractivity contribution in [3.05, 3.63) is 42.0 Å². The van der Waals surface area contributed by atoms with Crippen molar-refractivity contribution in [1.82, 2.24) is 14.5 Å². The van der Waals surface area contributed by atoms with E-state index in [1.165, 1.54) is 24.2 Å². The molecule has 24 heavy (non-hydrogen) atoms. The molecule has 3 rings (SSSR count). The first-order valence-electron chi connectivity index (χ1n) is 8.59. The number of likely N-dealkylation sites (tertiary alicyclic amines) is 1. The zero-order valence-electron chi connectivity index (χ0n) is 14.9. The van der Waals surface area contributed by atoms with Crippen LogP contribution in [0.5, 0.6) is 11.5 Å². The van der Waals surface area contributed by atoms with Crippen LogP contribution in [0.1, 0.15) is 24.2 Å². The number of para-hydroxylation sites is 1. The van der Waals surface area contributed by atoms with Crippen LogP contribution < -0.4 is 9.47 Å². The predicted octanol–water partition coefficient (Wildman–Crippen LogP) is 2.89. The highest BCUT2D eigenvalue weighted by atomic mass is 16.5. The van der Waals surface area contributed by atoms with Gasteiger partial charge in [-0.25, -0.2) is 4.98 Å². The van der Waals surface area contributed by atoms with E-state index in [0.29, 0.717) is 5.92 Å². The number of methoxy groups -OCH3 is 2. The molecule has 2 heterocycles. The van der Waals surface area contributed by atoms with Crippen molar-refractivity contribution in [1.29, 1.82) is 0 Å². The number of rotatable bonds is 6. The van der Waals surface area contributed by atoms with Gasteiger partial charge in [0, 0.05) is 44.5 Å². The topological polar surface area (TPSA) is 39.5 Å². The largest absolute Gasteiger partial charge is 0.493 e. The van der Waals surface area contributed by atoms with Crippen molar-refractivity contribution in [2.75, 3.05) is 27.3 Å². The molecule has 1 fully saturated rings. The van der Waals surface area contributed by atoms with E-state index in [4.69, 9.17) is 9.47 Å². The fourth-order valence-electron chi connectivity index (χ4n) is 3.63. The summed E-state index contributed by atoms with van der Waals surface area (Å²) in [7, 11) is 5.47. The Morgan fingerprint density at radius 1 is 1.25 bits per heavy atom. The third kappa shape index (κ3) is 3.73. The third-order valence-corrected chi connectivity index (χ3v) is 4.87. The minimum atomic E-state index is 0.663. The second kappa shape index (κ2) is 7.71. The number of imidazole rings is 1.